The molecule has 1 saturated carbocycles. The highest BCUT2D eigenvalue weighted by atomic mass is 35.5. The highest BCUT2D eigenvalue weighted by Crippen LogP contribution is 2.48. The van der Waals surface area contributed by atoms with Crippen molar-refractivity contribution >= 4 is 35.0 Å². The maximum absolute atomic E-state index is 12.8. The predicted molar refractivity (Wildman–Crippen MR) is 104 cm³/mol. The van der Waals surface area contributed by atoms with Gasteiger partial charge in [-0.3, -0.25) is 4.79 Å². The van der Waals surface area contributed by atoms with Crippen molar-refractivity contribution in [3.05, 3.63) is 53.3 Å². The summed E-state index contributed by atoms with van der Waals surface area (Å²) in [7, 11) is 0. The van der Waals surface area contributed by atoms with Crippen molar-refractivity contribution in [1.29, 1.82) is 0 Å². The van der Waals surface area contributed by atoms with Crippen LogP contribution in [0.4, 0.5) is 5.69 Å². The number of nitrogens with zero attached hydrogens (tertiary/aromatic N) is 1. The summed E-state index contributed by atoms with van der Waals surface area (Å²) in [5.41, 5.74) is 1.54. The Bertz CT molecular complexity index is 874. The number of anilines is 1. The van der Waals surface area contributed by atoms with Crippen LogP contribution in [0.15, 0.2) is 47.5 Å². The summed E-state index contributed by atoms with van der Waals surface area (Å²) in [6.07, 6.45) is 5.11. The number of aromatic nitrogens is 1. The zero-order valence-corrected chi connectivity index (χ0v) is 16.1. The highest BCUT2D eigenvalue weighted by molar-refractivity contribution is 8.00. The lowest BCUT2D eigenvalue weighted by Gasteiger charge is -2.41. The Morgan fingerprint density at radius 2 is 2.11 bits per heavy atom. The van der Waals surface area contributed by atoms with Gasteiger partial charge in [-0.2, -0.15) is 0 Å². The molecule has 3 aliphatic rings. The number of rotatable bonds is 4. The summed E-state index contributed by atoms with van der Waals surface area (Å²) in [5.74, 6) is -0.886. The molecular weight excluding hydrogens is 384 g/mol. The van der Waals surface area contributed by atoms with Crippen LogP contribution in [-0.4, -0.2) is 28.9 Å². The van der Waals surface area contributed by atoms with E-state index in [1.807, 2.05) is 30.3 Å². The minimum Gasteiger partial charge on any atom is -0.337 e. The van der Waals surface area contributed by atoms with Crippen LogP contribution in [0.5, 0.6) is 0 Å². The Hall–Kier alpha value is -1.60. The number of ether oxygens (including phenoxy) is 2. The van der Waals surface area contributed by atoms with Gasteiger partial charge in [-0.05, 0) is 30.5 Å². The molecule has 1 amide bonds. The van der Waals surface area contributed by atoms with Gasteiger partial charge in [0.15, 0.2) is 0 Å². The van der Waals surface area contributed by atoms with Gasteiger partial charge in [-0.25, -0.2) is 4.98 Å². The number of pyridine rings is 1. The minimum atomic E-state index is -1.33. The van der Waals surface area contributed by atoms with Gasteiger partial charge >= 0.3 is 0 Å². The highest BCUT2D eigenvalue weighted by Gasteiger charge is 2.55. The number of amides is 1. The monoisotopic (exact) mass is 402 g/mol. The van der Waals surface area contributed by atoms with Gasteiger partial charge in [0, 0.05) is 16.7 Å². The van der Waals surface area contributed by atoms with Gasteiger partial charge in [0.25, 0.3) is 11.7 Å². The zero-order valence-electron chi connectivity index (χ0n) is 14.6. The largest absolute Gasteiger partial charge is 0.337 e. The van der Waals surface area contributed by atoms with E-state index in [0.717, 1.165) is 22.6 Å². The van der Waals surface area contributed by atoms with Crippen molar-refractivity contribution in [3.8, 4) is 0 Å². The normalized spacial score (nSPS) is 29.6. The van der Waals surface area contributed by atoms with E-state index in [4.69, 9.17) is 21.1 Å². The summed E-state index contributed by atoms with van der Waals surface area (Å²) < 4.78 is 12.5. The Labute approximate surface area is 166 Å². The zero-order chi connectivity index (χ0) is 18.4. The van der Waals surface area contributed by atoms with Crippen LogP contribution < -0.4 is 5.32 Å². The Kier molecular flexibility index (Phi) is 4.39. The molecule has 5 nitrogen and oxygen atoms in total. The van der Waals surface area contributed by atoms with Gasteiger partial charge in [0.2, 0.25) is 0 Å². The second-order valence-corrected chi connectivity index (χ2v) is 8.94. The van der Waals surface area contributed by atoms with E-state index in [0.29, 0.717) is 17.7 Å². The van der Waals surface area contributed by atoms with Crippen LogP contribution in [0.1, 0.15) is 24.8 Å². The van der Waals surface area contributed by atoms with Crippen molar-refractivity contribution < 1.29 is 14.3 Å². The van der Waals surface area contributed by atoms with E-state index in [2.05, 4.69) is 10.3 Å². The van der Waals surface area contributed by atoms with Crippen molar-refractivity contribution in [2.24, 2.45) is 5.92 Å². The number of nitrogens with one attached hydrogen (secondary N) is 1. The van der Waals surface area contributed by atoms with Gasteiger partial charge in [0.1, 0.15) is 5.15 Å². The second kappa shape index (κ2) is 6.78. The van der Waals surface area contributed by atoms with Crippen LogP contribution in [-0.2, 0) is 20.1 Å². The molecule has 1 N–H and O–H groups in total. The van der Waals surface area contributed by atoms with Crippen molar-refractivity contribution in [2.45, 2.75) is 41.3 Å². The topological polar surface area (TPSA) is 60.5 Å². The number of halogens is 1. The van der Waals surface area contributed by atoms with Crippen molar-refractivity contribution in [1.82, 2.24) is 4.98 Å². The number of thioether (sulfide) groups is 1. The molecule has 140 valence electrons. The van der Waals surface area contributed by atoms with E-state index in [-0.39, 0.29) is 17.3 Å². The molecule has 3 heterocycles. The number of benzene rings is 1. The van der Waals surface area contributed by atoms with Crippen molar-refractivity contribution in [2.75, 3.05) is 11.9 Å². The molecule has 1 aromatic carbocycles. The molecule has 1 aliphatic carbocycles. The lowest BCUT2D eigenvalue weighted by molar-refractivity contribution is -0.279. The Morgan fingerprint density at radius 1 is 1.26 bits per heavy atom. The van der Waals surface area contributed by atoms with Crippen LogP contribution in [0.25, 0.3) is 0 Å². The molecule has 2 unspecified atom stereocenters. The van der Waals surface area contributed by atoms with E-state index in [9.17, 15) is 4.79 Å². The van der Waals surface area contributed by atoms with Gasteiger partial charge in [0.05, 0.1) is 23.6 Å². The minimum absolute atomic E-state index is 0.0659. The number of fused-ring (bicyclic) bond motifs is 2. The molecular formula is C20H19ClN2O3S. The quantitative estimate of drug-likeness (QED) is 0.776. The van der Waals surface area contributed by atoms with Crippen LogP contribution >= 0.6 is 23.4 Å². The third-order valence-corrected chi connectivity index (χ3v) is 6.74. The first-order chi connectivity index (χ1) is 13.1. The number of carbonyl (C=O) groups is 1. The smallest absolute Gasteiger partial charge is 0.289 e. The molecule has 7 heteroatoms. The fraction of sp³-hybridized carbons (Fsp3) is 0.400. The molecule has 5 rings (SSSR count). The van der Waals surface area contributed by atoms with Gasteiger partial charge < -0.3 is 14.8 Å². The second-order valence-electron chi connectivity index (χ2n) is 7.24. The molecule has 3 atom stereocenters. The maximum Gasteiger partial charge on any atom is 0.289 e. The first kappa shape index (κ1) is 17.5. The van der Waals surface area contributed by atoms with Crippen LogP contribution in [0.2, 0.25) is 5.15 Å². The first-order valence-corrected chi connectivity index (χ1v) is 10.4. The van der Waals surface area contributed by atoms with E-state index < -0.39 is 5.79 Å². The number of para-hydroxylation sites is 1. The van der Waals surface area contributed by atoms with Gasteiger partial charge in [-0.1, -0.05) is 42.6 Å². The summed E-state index contributed by atoms with van der Waals surface area (Å²) in [4.78, 5) is 17.9. The molecule has 2 aromatic rings. The van der Waals surface area contributed by atoms with E-state index in [1.165, 1.54) is 12.8 Å². The number of hydrogen-bond donors (Lipinski definition) is 1. The molecule has 0 radical (unpaired) electrons. The first-order valence-electron chi connectivity index (χ1n) is 9.15. The summed E-state index contributed by atoms with van der Waals surface area (Å²) in [6, 6.07) is 11.3. The summed E-state index contributed by atoms with van der Waals surface area (Å²) in [6.45, 7) is 0.437. The van der Waals surface area contributed by atoms with Crippen LogP contribution in [0.3, 0.4) is 0 Å². The van der Waals surface area contributed by atoms with E-state index >= 15 is 0 Å². The summed E-state index contributed by atoms with van der Waals surface area (Å²) >= 11 is 7.56. The molecule has 0 bridgehead atoms. The van der Waals surface area contributed by atoms with Crippen LogP contribution in [0, 0.1) is 5.92 Å². The molecule has 27 heavy (non-hydrogen) atoms. The molecule has 1 saturated heterocycles. The van der Waals surface area contributed by atoms with Gasteiger partial charge in [-0.15, -0.1) is 11.8 Å². The third kappa shape index (κ3) is 3.25. The number of carbonyl (C=O) groups excluding carboxylic acids is 1. The molecule has 1 aromatic heterocycles. The van der Waals surface area contributed by atoms with E-state index in [1.54, 1.807) is 24.0 Å². The lowest BCUT2D eigenvalue weighted by Crippen LogP contribution is -2.52. The number of hydrogen-bond acceptors (Lipinski definition) is 5. The maximum atomic E-state index is 12.8. The average molecular weight is 403 g/mol. The Balaban J connectivity index is 1.42. The lowest BCUT2D eigenvalue weighted by atomic mass is 10.0. The molecule has 2 fully saturated rings. The Morgan fingerprint density at radius 3 is 2.89 bits per heavy atom. The molecule has 2 aliphatic heterocycles. The fourth-order valence-corrected chi connectivity index (χ4v) is 4.87. The SMILES string of the molecule is O=C1Nc2ccccc2C12OC[C@@H](Sc1ccc(Cl)nc1)C(CC1CC1)O2. The third-order valence-electron chi connectivity index (χ3n) is 5.26. The molecule has 1 spiro atoms. The predicted octanol–water partition coefficient (Wildman–Crippen LogP) is 4.22. The summed E-state index contributed by atoms with van der Waals surface area (Å²) in [5, 5.41) is 3.47. The standard InChI is InChI=1S/C20H19ClN2O3S/c21-18-8-7-13(10-22-18)27-17-11-25-20(26-16(17)9-12-5-6-12)14-3-1-2-4-15(14)23-19(20)24/h1-4,7-8,10,12,16-17H,5-6,9,11H2,(H,23,24)/t16?,17-,20?/m1/s1. The average Bonchev–Trinajstić information content (AvgIpc) is 3.45. The van der Waals surface area contributed by atoms with Crippen molar-refractivity contribution in [3.63, 3.8) is 0 Å². The fourth-order valence-electron chi connectivity index (χ4n) is 3.69.